The van der Waals surface area contributed by atoms with E-state index in [9.17, 15) is 4.57 Å². The molecule has 2 aromatic carbocycles. The Balaban J connectivity index is 2.24. The highest BCUT2D eigenvalue weighted by Gasteiger charge is 2.31. The Morgan fingerprint density at radius 2 is 1.39 bits per heavy atom. The maximum absolute atomic E-state index is 14.2. The van der Waals surface area contributed by atoms with E-state index in [1.807, 2.05) is 72.8 Å². The van der Waals surface area contributed by atoms with Crippen LogP contribution < -0.4 is 10.6 Å². The van der Waals surface area contributed by atoms with Crippen LogP contribution in [0.3, 0.4) is 0 Å². The maximum Gasteiger partial charge on any atom is 0.171 e. The van der Waals surface area contributed by atoms with Crippen molar-refractivity contribution in [2.24, 2.45) is 5.92 Å². The molecular formula is C21H21OP. The van der Waals surface area contributed by atoms with E-state index in [1.54, 1.807) is 0 Å². The van der Waals surface area contributed by atoms with E-state index in [2.05, 4.69) is 26.0 Å². The van der Waals surface area contributed by atoms with Gasteiger partial charge in [-0.25, -0.2) is 0 Å². The molecule has 2 aromatic rings. The largest absolute Gasteiger partial charge is 0.309 e. The van der Waals surface area contributed by atoms with Gasteiger partial charge in [-0.15, -0.1) is 0 Å². The first-order valence-corrected chi connectivity index (χ1v) is 9.61. The number of benzene rings is 2. The van der Waals surface area contributed by atoms with E-state index in [0.29, 0.717) is 5.92 Å². The van der Waals surface area contributed by atoms with Crippen LogP contribution in [0.2, 0.25) is 0 Å². The van der Waals surface area contributed by atoms with Crippen LogP contribution in [0.25, 0.3) is 0 Å². The second kappa shape index (κ2) is 6.56. The molecule has 0 spiro atoms. The highest BCUT2D eigenvalue weighted by molar-refractivity contribution is 7.82. The topological polar surface area (TPSA) is 17.1 Å². The SMILES string of the molecule is CC1=CC(P(=O)(c2ccccc2)c2ccccc2)=CC=CC1C. The molecule has 0 saturated heterocycles. The second-order valence-electron chi connectivity index (χ2n) is 5.93. The minimum atomic E-state index is -2.86. The molecule has 1 aliphatic carbocycles. The average molecular weight is 320 g/mol. The zero-order chi connectivity index (χ0) is 16.3. The maximum atomic E-state index is 14.2. The van der Waals surface area contributed by atoms with E-state index in [0.717, 1.165) is 15.9 Å². The minimum absolute atomic E-state index is 0.365. The minimum Gasteiger partial charge on any atom is -0.309 e. The fourth-order valence-electron chi connectivity index (χ4n) is 2.80. The normalized spacial score (nSPS) is 18.1. The molecule has 2 heteroatoms. The third kappa shape index (κ3) is 3.02. The lowest BCUT2D eigenvalue weighted by Crippen LogP contribution is -2.17. The van der Waals surface area contributed by atoms with Crippen molar-refractivity contribution in [1.29, 1.82) is 0 Å². The van der Waals surface area contributed by atoms with Gasteiger partial charge in [0.25, 0.3) is 0 Å². The molecule has 0 heterocycles. The van der Waals surface area contributed by atoms with E-state index in [4.69, 9.17) is 0 Å². The lowest BCUT2D eigenvalue weighted by Gasteiger charge is -2.21. The van der Waals surface area contributed by atoms with Crippen LogP contribution in [-0.4, -0.2) is 0 Å². The Morgan fingerprint density at radius 3 is 1.91 bits per heavy atom. The molecule has 0 bridgehead atoms. The van der Waals surface area contributed by atoms with Gasteiger partial charge in [0, 0.05) is 15.9 Å². The van der Waals surface area contributed by atoms with E-state index < -0.39 is 7.14 Å². The summed E-state index contributed by atoms with van der Waals surface area (Å²) in [5, 5.41) is 2.65. The van der Waals surface area contributed by atoms with Crippen LogP contribution in [0.5, 0.6) is 0 Å². The number of hydrogen-bond donors (Lipinski definition) is 0. The number of allylic oxidation sites excluding steroid dienone is 6. The summed E-state index contributed by atoms with van der Waals surface area (Å²) in [4.78, 5) is 0. The first-order valence-electron chi connectivity index (χ1n) is 7.91. The van der Waals surface area contributed by atoms with Gasteiger partial charge in [0.05, 0.1) is 0 Å². The lowest BCUT2D eigenvalue weighted by molar-refractivity contribution is 0.591. The van der Waals surface area contributed by atoms with Crippen LogP contribution in [0, 0.1) is 5.92 Å². The summed E-state index contributed by atoms with van der Waals surface area (Å²) in [5.41, 5.74) is 1.23. The van der Waals surface area contributed by atoms with Gasteiger partial charge in [-0.2, -0.15) is 0 Å². The van der Waals surface area contributed by atoms with Crippen LogP contribution >= 0.6 is 7.14 Å². The quantitative estimate of drug-likeness (QED) is 0.724. The predicted molar refractivity (Wildman–Crippen MR) is 99.9 cm³/mol. The second-order valence-corrected chi connectivity index (χ2v) is 8.70. The van der Waals surface area contributed by atoms with E-state index >= 15 is 0 Å². The molecule has 0 radical (unpaired) electrons. The zero-order valence-electron chi connectivity index (χ0n) is 13.5. The van der Waals surface area contributed by atoms with Crippen molar-refractivity contribution in [1.82, 2.24) is 0 Å². The molecule has 23 heavy (non-hydrogen) atoms. The molecule has 1 unspecified atom stereocenters. The van der Waals surface area contributed by atoms with Gasteiger partial charge in [-0.3, -0.25) is 0 Å². The van der Waals surface area contributed by atoms with Gasteiger partial charge in [0.2, 0.25) is 0 Å². The van der Waals surface area contributed by atoms with E-state index in [-0.39, 0.29) is 0 Å². The molecule has 1 atom stereocenters. The molecular weight excluding hydrogens is 299 g/mol. The summed E-state index contributed by atoms with van der Waals surface area (Å²) in [5.74, 6) is 0.365. The highest BCUT2D eigenvalue weighted by atomic mass is 31.2. The third-order valence-electron chi connectivity index (χ3n) is 4.36. The number of hydrogen-bond acceptors (Lipinski definition) is 1. The van der Waals surface area contributed by atoms with Crippen molar-refractivity contribution >= 4 is 17.8 Å². The molecule has 3 rings (SSSR count). The van der Waals surface area contributed by atoms with Crippen molar-refractivity contribution in [3.63, 3.8) is 0 Å². The lowest BCUT2D eigenvalue weighted by atomic mass is 10.0. The molecule has 0 aliphatic heterocycles. The van der Waals surface area contributed by atoms with Gasteiger partial charge >= 0.3 is 0 Å². The van der Waals surface area contributed by atoms with Gasteiger partial charge in [0.15, 0.2) is 7.14 Å². The van der Waals surface area contributed by atoms with Crippen LogP contribution in [0.1, 0.15) is 13.8 Å². The molecule has 116 valence electrons. The smallest absolute Gasteiger partial charge is 0.171 e. The summed E-state index contributed by atoms with van der Waals surface area (Å²) in [6, 6.07) is 19.6. The summed E-state index contributed by atoms with van der Waals surface area (Å²) in [6.45, 7) is 4.27. The Kier molecular flexibility index (Phi) is 4.50. The molecule has 0 fully saturated rings. The molecule has 0 aromatic heterocycles. The summed E-state index contributed by atoms with van der Waals surface area (Å²) in [7, 11) is -2.86. The summed E-state index contributed by atoms with van der Waals surface area (Å²) >= 11 is 0. The van der Waals surface area contributed by atoms with Crippen molar-refractivity contribution < 1.29 is 4.57 Å². The number of rotatable bonds is 3. The monoisotopic (exact) mass is 320 g/mol. The summed E-state index contributed by atoms with van der Waals surface area (Å²) in [6.07, 6.45) is 8.30. The first kappa shape index (κ1) is 15.8. The predicted octanol–water partition coefficient (Wildman–Crippen LogP) is 5.04. The Labute approximate surface area is 138 Å². The first-order chi connectivity index (χ1) is 11.1. The summed E-state index contributed by atoms with van der Waals surface area (Å²) < 4.78 is 14.2. The van der Waals surface area contributed by atoms with Gasteiger partial charge in [0.1, 0.15) is 0 Å². The Morgan fingerprint density at radius 1 is 0.870 bits per heavy atom. The fourth-order valence-corrected chi connectivity index (χ4v) is 5.56. The third-order valence-corrected chi connectivity index (χ3v) is 7.42. The molecule has 0 saturated carbocycles. The fraction of sp³-hybridized carbons (Fsp3) is 0.143. The van der Waals surface area contributed by atoms with Crippen molar-refractivity contribution in [3.8, 4) is 0 Å². The zero-order valence-corrected chi connectivity index (χ0v) is 14.4. The van der Waals surface area contributed by atoms with Gasteiger partial charge in [-0.1, -0.05) is 97.5 Å². The molecule has 1 aliphatic rings. The molecule has 0 amide bonds. The van der Waals surface area contributed by atoms with Crippen molar-refractivity contribution in [2.45, 2.75) is 13.8 Å². The highest BCUT2D eigenvalue weighted by Crippen LogP contribution is 2.53. The van der Waals surface area contributed by atoms with E-state index in [1.165, 1.54) is 5.57 Å². The molecule has 0 N–H and O–H groups in total. The standard InChI is InChI=1S/C21H21OP/c1-17-10-9-15-21(16-18(17)2)23(22,19-11-5-3-6-12-19)20-13-7-4-8-14-20/h3-17H,1-2H3. The van der Waals surface area contributed by atoms with Crippen molar-refractivity contribution in [2.75, 3.05) is 0 Å². The average Bonchev–Trinajstić information content (AvgIpc) is 2.77. The molecule has 1 nitrogen and oxygen atoms in total. The Hall–Kier alpha value is -2.11. The Bertz CT molecular complexity index is 770. The van der Waals surface area contributed by atoms with Gasteiger partial charge < -0.3 is 4.57 Å². The van der Waals surface area contributed by atoms with Crippen LogP contribution in [-0.2, 0) is 4.57 Å². The van der Waals surface area contributed by atoms with Gasteiger partial charge in [-0.05, 0) is 12.8 Å². The van der Waals surface area contributed by atoms with Crippen LogP contribution in [0.4, 0.5) is 0 Å². The van der Waals surface area contributed by atoms with Crippen molar-refractivity contribution in [3.05, 3.63) is 95.9 Å². The van der Waals surface area contributed by atoms with Crippen LogP contribution in [0.15, 0.2) is 95.9 Å².